The van der Waals surface area contributed by atoms with Crippen molar-refractivity contribution in [3.8, 4) is 0 Å². The Morgan fingerprint density at radius 1 is 0.592 bits per heavy atom. The number of nitrogens with two attached hydrogens (primary N) is 2. The fourth-order valence-electron chi connectivity index (χ4n) is 2.97. The van der Waals surface area contributed by atoms with Gasteiger partial charge in [0.1, 0.15) is 0 Å². The Bertz CT molecular complexity index is 442. The van der Waals surface area contributed by atoms with Gasteiger partial charge in [-0.2, -0.15) is 0 Å². The van der Waals surface area contributed by atoms with Crippen LogP contribution in [0, 0.1) is 0 Å². The van der Waals surface area contributed by atoms with Crippen molar-refractivity contribution in [2.24, 2.45) is 0 Å². The third-order valence-corrected chi connectivity index (χ3v) is 5.51. The molecule has 1 rings (SSSR count). The average Bonchev–Trinajstić information content (AvgIpc) is 3.68. The van der Waals surface area contributed by atoms with E-state index in [1.54, 1.807) is 13.8 Å². The van der Waals surface area contributed by atoms with Gasteiger partial charge in [0.2, 0.25) is 0 Å². The summed E-state index contributed by atoms with van der Waals surface area (Å²) in [6.45, 7) is 21.0. The highest BCUT2D eigenvalue weighted by molar-refractivity contribution is 4.50. The fraction of sp³-hybridized carbons (Fsp3) is 1.00. The van der Waals surface area contributed by atoms with Crippen LogP contribution in [0.15, 0.2) is 0 Å². The first-order chi connectivity index (χ1) is 23.7. The fourth-order valence-corrected chi connectivity index (χ4v) is 2.97. The molecule has 17 heteroatoms. The summed E-state index contributed by atoms with van der Waals surface area (Å²) in [6.07, 6.45) is 5.61. The first-order valence-electron chi connectivity index (χ1n) is 18.6. The van der Waals surface area contributed by atoms with Crippen molar-refractivity contribution in [2.75, 3.05) is 145 Å². The third-order valence-electron chi connectivity index (χ3n) is 5.51. The van der Waals surface area contributed by atoms with Crippen molar-refractivity contribution < 1.29 is 72.1 Å². The SMILES string of the molecule is C1CC[NH2+]C1.CC(O)CNCC[NH3+].CC(O)CNCC[NH3+].CCCCNCCO.C[NH2+]CCO.OCCCNCCO.[HH].[HH].[HH].[HH].[HH].[HH].[NH3+]CCNCCO. The Labute approximate surface area is 308 Å². The number of likely N-dealkylation sites (N-methyl/N-ethyl adjacent to an activating group) is 1. The van der Waals surface area contributed by atoms with Crippen LogP contribution >= 0.6 is 0 Å². The monoisotopic (exact) mass is 740 g/mol. The first-order valence-corrected chi connectivity index (χ1v) is 18.6. The molecule has 49 heavy (non-hydrogen) atoms. The molecule has 1 aliphatic rings. The van der Waals surface area contributed by atoms with Gasteiger partial charge < -0.3 is 90.2 Å². The summed E-state index contributed by atoms with van der Waals surface area (Å²) < 4.78 is 0. The normalized spacial score (nSPS) is 12.4. The van der Waals surface area contributed by atoms with Gasteiger partial charge in [-0.05, 0) is 39.8 Å². The van der Waals surface area contributed by atoms with Crippen LogP contribution in [0.5, 0.6) is 0 Å². The smallest absolute Gasteiger partial charge is 0.0988 e. The predicted molar refractivity (Wildman–Crippen MR) is 212 cm³/mol. The number of nitrogens with one attached hydrogen (secondary N) is 5. The van der Waals surface area contributed by atoms with E-state index in [2.05, 4.69) is 56.0 Å². The first kappa shape index (κ1) is 60.4. The van der Waals surface area contributed by atoms with Crippen molar-refractivity contribution in [1.29, 1.82) is 0 Å². The standard InChI is InChI=1S/C6H15NO.2C5H14N2O.C5H13NO2.C4H12N2O.C4H9N.C3H9NO.6H2/c1-2-3-4-7-5-6-8;2*1-5(8)4-7-3-2-6;7-4-1-2-6-3-5-8;5-1-2-6-3-4-7;1-2-4-5-3-1;1-4-2-3-5;;;;;;/h7-8H,2-6H2,1H3;2*5,7-8H,2-4,6H2,1H3;6-8H,1-5H2;6-7H,1-5H2;5H,1-4H2;4-5H,2-3H2,1H3;6*1H/p+5. The van der Waals surface area contributed by atoms with E-state index in [-0.39, 0.29) is 53.8 Å². The minimum atomic E-state index is -0.235. The number of rotatable bonds is 24. The molecule has 0 amide bonds. The van der Waals surface area contributed by atoms with Gasteiger partial charge in [-0.15, -0.1) is 0 Å². The molecule has 0 radical (unpaired) electrons. The number of aliphatic hydroxyl groups is 7. The summed E-state index contributed by atoms with van der Waals surface area (Å²) in [5, 5.41) is 77.8. The molecule has 2 atom stereocenters. The molecule has 0 aromatic rings. The Kier molecular flexibility index (Phi) is 85.2. The molecule has 0 saturated carbocycles. The lowest BCUT2D eigenvalue weighted by Crippen LogP contribution is -2.80. The largest absolute Gasteiger partial charge is 0.396 e. The summed E-state index contributed by atoms with van der Waals surface area (Å²) in [4.78, 5) is 0. The van der Waals surface area contributed by atoms with Crippen LogP contribution in [0.2, 0.25) is 0 Å². The van der Waals surface area contributed by atoms with Gasteiger partial charge in [-0.1, -0.05) is 13.3 Å². The van der Waals surface area contributed by atoms with Crippen LogP contribution in [-0.4, -0.2) is 193 Å². The average molecular weight is 740 g/mol. The maximum Gasteiger partial charge on any atom is 0.0988 e. The zero-order valence-corrected chi connectivity index (χ0v) is 32.4. The second kappa shape index (κ2) is 69.1. The summed E-state index contributed by atoms with van der Waals surface area (Å²) in [5.41, 5.74) is 10.9. The van der Waals surface area contributed by atoms with Crippen LogP contribution in [0.3, 0.4) is 0 Å². The molecule has 0 spiro atoms. The number of hydrogen-bond donors (Lipinski definition) is 17. The molecule has 25 N–H and O–H groups in total. The highest BCUT2D eigenvalue weighted by Gasteiger charge is 1.98. The second-order valence-electron chi connectivity index (χ2n) is 11.0. The molecule has 1 aliphatic heterocycles. The summed E-state index contributed by atoms with van der Waals surface area (Å²) in [7, 11) is 1.93. The van der Waals surface area contributed by atoms with E-state index in [0.717, 1.165) is 71.9 Å². The summed E-state index contributed by atoms with van der Waals surface area (Å²) in [6, 6.07) is 0. The van der Waals surface area contributed by atoms with Crippen molar-refractivity contribution in [3.05, 3.63) is 0 Å². The maximum atomic E-state index is 8.70. The molecule has 0 aromatic heterocycles. The Balaban J connectivity index is -0.0000000387. The molecule has 0 bridgehead atoms. The van der Waals surface area contributed by atoms with Gasteiger partial charge in [-0.3, -0.25) is 0 Å². The van der Waals surface area contributed by atoms with Gasteiger partial charge in [0, 0.05) is 80.4 Å². The van der Waals surface area contributed by atoms with Crippen molar-refractivity contribution >= 4 is 0 Å². The molecule has 1 heterocycles. The van der Waals surface area contributed by atoms with E-state index in [1.807, 2.05) is 12.4 Å². The number of hydrogen-bond acceptors (Lipinski definition) is 12. The quantitative estimate of drug-likeness (QED) is 0.0411. The minimum absolute atomic E-state index is 0. The highest BCUT2D eigenvalue weighted by atomic mass is 16.3. The second-order valence-corrected chi connectivity index (χ2v) is 11.0. The Morgan fingerprint density at radius 3 is 1.22 bits per heavy atom. The molecule has 1 fully saturated rings. The molecule has 0 aliphatic carbocycles. The van der Waals surface area contributed by atoms with E-state index >= 15 is 0 Å². The molecule has 318 valence electrons. The van der Waals surface area contributed by atoms with Crippen molar-refractivity contribution in [1.82, 2.24) is 26.6 Å². The van der Waals surface area contributed by atoms with Gasteiger partial charge in [0.25, 0.3) is 0 Å². The highest BCUT2D eigenvalue weighted by Crippen LogP contribution is 1.82. The van der Waals surface area contributed by atoms with E-state index < -0.39 is 0 Å². The lowest BCUT2D eigenvalue weighted by molar-refractivity contribution is -0.635. The maximum absolute atomic E-state index is 8.70. The molecule has 0 aromatic carbocycles. The van der Waals surface area contributed by atoms with Crippen LogP contribution in [0.25, 0.3) is 0 Å². The summed E-state index contributed by atoms with van der Waals surface area (Å²) >= 11 is 0. The zero-order valence-electron chi connectivity index (χ0n) is 32.4. The van der Waals surface area contributed by atoms with Gasteiger partial charge in [0.15, 0.2) is 0 Å². The zero-order chi connectivity index (χ0) is 38.5. The molecular weight excluding hydrogens is 636 g/mol. The van der Waals surface area contributed by atoms with E-state index in [0.29, 0.717) is 26.2 Å². The van der Waals surface area contributed by atoms with Crippen LogP contribution in [0.1, 0.15) is 61.4 Å². The third kappa shape index (κ3) is 106. The van der Waals surface area contributed by atoms with E-state index in [9.17, 15) is 0 Å². The Hall–Kier alpha value is -0.680. The lowest BCUT2D eigenvalue weighted by Gasteiger charge is -2.02. The topological polar surface area (TPSA) is 318 Å². The molecular formula is C32H103N10O7+5. The van der Waals surface area contributed by atoms with Gasteiger partial charge in [0.05, 0.1) is 85.0 Å². The minimum Gasteiger partial charge on any atom is -0.396 e. The number of quaternary nitrogens is 5. The van der Waals surface area contributed by atoms with Crippen LogP contribution in [0.4, 0.5) is 0 Å². The van der Waals surface area contributed by atoms with E-state index in [1.165, 1.54) is 38.8 Å². The summed E-state index contributed by atoms with van der Waals surface area (Å²) in [5.74, 6) is 0. The molecule has 17 nitrogen and oxygen atoms in total. The van der Waals surface area contributed by atoms with Crippen LogP contribution < -0.4 is 54.4 Å². The molecule has 1 saturated heterocycles. The van der Waals surface area contributed by atoms with Crippen LogP contribution in [-0.2, 0) is 0 Å². The number of unbranched alkanes of at least 4 members (excludes halogenated alkanes) is 1. The predicted octanol–water partition coefficient (Wildman–Crippen LogP) is -7.48. The molecule has 2 unspecified atom stereocenters. The van der Waals surface area contributed by atoms with E-state index in [4.69, 9.17) is 35.7 Å². The van der Waals surface area contributed by atoms with Crippen molar-refractivity contribution in [2.45, 2.75) is 65.1 Å². The Morgan fingerprint density at radius 2 is 0.980 bits per heavy atom. The van der Waals surface area contributed by atoms with Gasteiger partial charge in [-0.25, -0.2) is 0 Å². The lowest BCUT2D eigenvalue weighted by atomic mass is 10.3. The number of aliphatic hydroxyl groups excluding tert-OH is 7. The van der Waals surface area contributed by atoms with Crippen molar-refractivity contribution in [3.63, 3.8) is 0 Å². The van der Waals surface area contributed by atoms with Gasteiger partial charge >= 0.3 is 0 Å².